The SMILES string of the molecule is C=CC(=O)OP(=O)(O)OCC[N+](C)(C)C.OCCO. The van der Waals surface area contributed by atoms with Gasteiger partial charge in [-0.1, -0.05) is 6.58 Å². The Hall–Kier alpha value is -0.760. The van der Waals surface area contributed by atoms with Crippen molar-refractivity contribution in [1.29, 1.82) is 0 Å². The molecule has 0 rings (SSSR count). The van der Waals surface area contributed by atoms with E-state index in [0.717, 1.165) is 6.08 Å². The van der Waals surface area contributed by atoms with Crippen LogP contribution in [0.25, 0.3) is 0 Å². The zero-order chi connectivity index (χ0) is 15.5. The van der Waals surface area contributed by atoms with E-state index in [-0.39, 0.29) is 19.8 Å². The summed E-state index contributed by atoms with van der Waals surface area (Å²) in [6, 6.07) is 0. The van der Waals surface area contributed by atoms with Gasteiger partial charge in [-0.05, 0) is 0 Å². The third kappa shape index (κ3) is 17.2. The number of aliphatic hydroxyl groups excluding tert-OH is 2. The molecule has 0 bridgehead atoms. The maximum Gasteiger partial charge on any atom is 0.530 e. The third-order valence-corrected chi connectivity index (χ3v) is 2.41. The highest BCUT2D eigenvalue weighted by Crippen LogP contribution is 2.43. The summed E-state index contributed by atoms with van der Waals surface area (Å²) in [7, 11) is 1.43. The molecule has 0 saturated carbocycles. The van der Waals surface area contributed by atoms with Crippen molar-refractivity contribution in [2.24, 2.45) is 0 Å². The minimum atomic E-state index is -4.28. The van der Waals surface area contributed by atoms with Gasteiger partial charge in [0.05, 0.1) is 34.4 Å². The van der Waals surface area contributed by atoms with Crippen molar-refractivity contribution in [1.82, 2.24) is 0 Å². The molecule has 0 aromatic rings. The van der Waals surface area contributed by atoms with E-state index >= 15 is 0 Å². The van der Waals surface area contributed by atoms with Crippen LogP contribution in [0.15, 0.2) is 12.7 Å². The number of carbonyl (C=O) groups excluding carboxylic acids is 1. The van der Waals surface area contributed by atoms with Crippen LogP contribution < -0.4 is 0 Å². The Kier molecular flexibility index (Phi) is 10.9. The van der Waals surface area contributed by atoms with Gasteiger partial charge in [-0.2, -0.15) is 0 Å². The molecule has 0 aromatic heterocycles. The van der Waals surface area contributed by atoms with Crippen LogP contribution in [-0.4, -0.2) is 73.1 Å². The Labute approximate surface area is 113 Å². The lowest BCUT2D eigenvalue weighted by Crippen LogP contribution is -2.37. The van der Waals surface area contributed by atoms with Crippen LogP contribution in [0.3, 0.4) is 0 Å². The highest BCUT2D eigenvalue weighted by molar-refractivity contribution is 7.48. The number of rotatable bonds is 7. The average Bonchev–Trinajstić information content (AvgIpc) is 2.26. The summed E-state index contributed by atoms with van der Waals surface area (Å²) in [4.78, 5) is 19.7. The van der Waals surface area contributed by atoms with Gasteiger partial charge in [-0.3, -0.25) is 9.42 Å². The largest absolute Gasteiger partial charge is 0.530 e. The van der Waals surface area contributed by atoms with Gasteiger partial charge in [-0.25, -0.2) is 9.36 Å². The molecule has 0 saturated heterocycles. The summed E-state index contributed by atoms with van der Waals surface area (Å²) in [5, 5.41) is 15.2. The average molecular weight is 300 g/mol. The molecule has 9 heteroatoms. The fourth-order valence-corrected chi connectivity index (χ4v) is 1.27. The van der Waals surface area contributed by atoms with Crippen molar-refractivity contribution in [2.45, 2.75) is 0 Å². The number of aliphatic hydroxyl groups is 2. The molecule has 19 heavy (non-hydrogen) atoms. The smallest absolute Gasteiger partial charge is 0.394 e. The molecule has 0 fully saturated rings. The van der Waals surface area contributed by atoms with E-state index in [0.29, 0.717) is 11.0 Å². The zero-order valence-electron chi connectivity index (χ0n) is 11.5. The first-order valence-corrected chi connectivity index (χ1v) is 6.93. The maximum atomic E-state index is 11.1. The number of likely N-dealkylation sites (N-methyl/N-ethyl adjacent to an activating group) is 1. The number of carbonyl (C=O) groups is 1. The number of hydrogen-bond donors (Lipinski definition) is 3. The van der Waals surface area contributed by atoms with Crippen LogP contribution >= 0.6 is 7.82 Å². The summed E-state index contributed by atoms with van der Waals surface area (Å²) in [5.41, 5.74) is 0. The van der Waals surface area contributed by atoms with Crippen LogP contribution in [0, 0.1) is 0 Å². The van der Waals surface area contributed by atoms with Crippen molar-refractivity contribution in [3.05, 3.63) is 12.7 Å². The fourth-order valence-electron chi connectivity index (χ4n) is 0.607. The molecule has 1 unspecified atom stereocenters. The molecule has 0 heterocycles. The van der Waals surface area contributed by atoms with Gasteiger partial charge in [0.2, 0.25) is 0 Å². The van der Waals surface area contributed by atoms with E-state index in [1.807, 2.05) is 21.1 Å². The molecule has 0 aliphatic heterocycles. The molecular formula is C10H23NO7P+. The molecular weight excluding hydrogens is 277 g/mol. The van der Waals surface area contributed by atoms with Crippen molar-refractivity contribution >= 4 is 13.8 Å². The number of nitrogens with zero attached hydrogens (tertiary/aromatic N) is 1. The topological polar surface area (TPSA) is 113 Å². The van der Waals surface area contributed by atoms with Gasteiger partial charge in [0.1, 0.15) is 13.2 Å². The molecule has 8 nitrogen and oxygen atoms in total. The maximum absolute atomic E-state index is 11.1. The van der Waals surface area contributed by atoms with Crippen LogP contribution in [0.4, 0.5) is 0 Å². The number of quaternary nitrogens is 1. The Morgan fingerprint density at radius 1 is 1.32 bits per heavy atom. The predicted molar refractivity (Wildman–Crippen MR) is 69.1 cm³/mol. The molecule has 0 aliphatic carbocycles. The van der Waals surface area contributed by atoms with Crippen LogP contribution in [0.1, 0.15) is 0 Å². The van der Waals surface area contributed by atoms with Crippen LogP contribution in [-0.2, 0) is 18.4 Å². The van der Waals surface area contributed by atoms with E-state index in [9.17, 15) is 9.36 Å². The van der Waals surface area contributed by atoms with Crippen molar-refractivity contribution in [2.75, 3.05) is 47.5 Å². The summed E-state index contributed by atoms with van der Waals surface area (Å²) in [6.07, 6.45) is 0.798. The molecule has 0 amide bonds. The lowest BCUT2D eigenvalue weighted by atomic mass is 10.5. The van der Waals surface area contributed by atoms with Crippen molar-refractivity contribution in [3.8, 4) is 0 Å². The molecule has 0 spiro atoms. The Morgan fingerprint density at radius 3 is 2.11 bits per heavy atom. The summed E-state index contributed by atoms with van der Waals surface area (Å²) in [6.45, 7) is 3.40. The quantitative estimate of drug-likeness (QED) is 0.330. The minimum absolute atomic E-state index is 0.0295. The van der Waals surface area contributed by atoms with Crippen molar-refractivity contribution in [3.63, 3.8) is 0 Å². The van der Waals surface area contributed by atoms with Gasteiger partial charge >= 0.3 is 13.8 Å². The Morgan fingerprint density at radius 2 is 1.79 bits per heavy atom. The monoisotopic (exact) mass is 300 g/mol. The van der Waals surface area contributed by atoms with Gasteiger partial charge in [-0.15, -0.1) is 0 Å². The first kappa shape index (κ1) is 20.6. The third-order valence-electron chi connectivity index (χ3n) is 1.49. The summed E-state index contributed by atoms with van der Waals surface area (Å²) >= 11 is 0. The molecule has 0 radical (unpaired) electrons. The highest BCUT2D eigenvalue weighted by atomic mass is 31.2. The lowest BCUT2D eigenvalue weighted by Gasteiger charge is -2.23. The highest BCUT2D eigenvalue weighted by Gasteiger charge is 2.25. The first-order chi connectivity index (χ1) is 8.58. The number of hydrogen-bond acceptors (Lipinski definition) is 6. The van der Waals surface area contributed by atoms with Gasteiger partial charge in [0.15, 0.2) is 0 Å². The number of phosphoric acid groups is 1. The van der Waals surface area contributed by atoms with Crippen molar-refractivity contribution < 1.29 is 38.0 Å². The van der Waals surface area contributed by atoms with Gasteiger partial charge in [0.25, 0.3) is 0 Å². The van der Waals surface area contributed by atoms with Crippen LogP contribution in [0.5, 0.6) is 0 Å². The summed E-state index contributed by atoms with van der Waals surface area (Å²) in [5.74, 6) is -0.980. The van der Waals surface area contributed by atoms with Gasteiger partial charge in [0, 0.05) is 6.08 Å². The normalized spacial score (nSPS) is 13.8. The molecule has 1 atom stereocenters. The predicted octanol–water partition coefficient (Wildman–Crippen LogP) is -0.490. The van der Waals surface area contributed by atoms with E-state index in [2.05, 4.69) is 15.6 Å². The zero-order valence-corrected chi connectivity index (χ0v) is 12.4. The first-order valence-electron chi connectivity index (χ1n) is 5.43. The second-order valence-corrected chi connectivity index (χ2v) is 5.76. The van der Waals surface area contributed by atoms with E-state index in [1.165, 1.54) is 0 Å². The molecule has 114 valence electrons. The fraction of sp³-hybridized carbons (Fsp3) is 0.700. The Balaban J connectivity index is 0. The second kappa shape index (κ2) is 10.1. The lowest BCUT2D eigenvalue weighted by molar-refractivity contribution is -0.870. The standard InChI is InChI=1S/C8H16NO5P.C2H6O2/c1-5-8(10)14-15(11,12)13-7-6-9(2,3)4;3-1-2-4/h5H,1,6-7H2,2-4H3;3-4H,1-2H2/p+1. The second-order valence-electron chi connectivity index (χ2n) is 4.38. The number of phosphoric ester groups is 1. The minimum Gasteiger partial charge on any atom is -0.394 e. The van der Waals surface area contributed by atoms with E-state index < -0.39 is 13.8 Å². The Bertz CT molecular complexity index is 311. The molecule has 3 N–H and O–H groups in total. The van der Waals surface area contributed by atoms with E-state index in [4.69, 9.17) is 15.1 Å². The van der Waals surface area contributed by atoms with Crippen LogP contribution in [0.2, 0.25) is 0 Å². The van der Waals surface area contributed by atoms with E-state index in [1.54, 1.807) is 0 Å². The van der Waals surface area contributed by atoms with Gasteiger partial charge < -0.3 is 19.2 Å². The summed E-state index contributed by atoms with van der Waals surface area (Å²) < 4.78 is 20.4. The molecule has 0 aliphatic rings. The molecule has 0 aromatic carbocycles.